The Balaban J connectivity index is 2.49. The van der Waals surface area contributed by atoms with E-state index in [1.807, 2.05) is 12.1 Å². The monoisotopic (exact) mass is 304 g/mol. The van der Waals surface area contributed by atoms with Crippen LogP contribution in [0.2, 0.25) is 0 Å². The summed E-state index contributed by atoms with van der Waals surface area (Å²) in [4.78, 5) is 11.4. The van der Waals surface area contributed by atoms with E-state index in [-0.39, 0.29) is 15.6 Å². The van der Waals surface area contributed by atoms with Gasteiger partial charge < -0.3 is 4.74 Å². The first kappa shape index (κ1) is 9.21. The van der Waals surface area contributed by atoms with Crippen molar-refractivity contribution in [1.29, 1.82) is 0 Å². The zero-order valence-electron chi connectivity index (χ0n) is 6.54. The summed E-state index contributed by atoms with van der Waals surface area (Å²) in [5, 5.41) is -0.283. The summed E-state index contributed by atoms with van der Waals surface area (Å²) in [6.07, 6.45) is 0. The first-order valence-corrected chi connectivity index (χ1v) is 5.61. The molecular weight excluding hydrogens is 300 g/mol. The minimum absolute atomic E-state index is 0.0590. The van der Waals surface area contributed by atoms with Gasteiger partial charge in [0.25, 0.3) is 0 Å². The Morgan fingerprint density at radius 1 is 1.23 bits per heavy atom. The van der Waals surface area contributed by atoms with Crippen molar-refractivity contribution in [3.05, 3.63) is 29.8 Å². The van der Waals surface area contributed by atoms with Gasteiger partial charge in [-0.25, -0.2) is 0 Å². The van der Waals surface area contributed by atoms with Gasteiger partial charge in [0.2, 0.25) is 0 Å². The number of carbonyl (C=O) groups excluding carboxylic acids is 1. The molecule has 1 heterocycles. The third kappa shape index (κ3) is 1.53. The molecule has 0 radical (unpaired) electrons. The van der Waals surface area contributed by atoms with Gasteiger partial charge in [-0.3, -0.25) is 4.79 Å². The van der Waals surface area contributed by atoms with Gasteiger partial charge in [-0.2, -0.15) is 0 Å². The molecule has 0 saturated heterocycles. The summed E-state index contributed by atoms with van der Waals surface area (Å²) < 4.78 is 5.46. The zero-order valence-corrected chi connectivity index (χ0v) is 9.71. The van der Waals surface area contributed by atoms with E-state index in [1.54, 1.807) is 12.1 Å². The van der Waals surface area contributed by atoms with Crippen molar-refractivity contribution in [2.75, 3.05) is 0 Å². The predicted octanol–water partition coefficient (Wildman–Crippen LogP) is 2.75. The number of halogens is 2. The maximum absolute atomic E-state index is 11.7. The fourth-order valence-electron chi connectivity index (χ4n) is 1.22. The van der Waals surface area contributed by atoms with E-state index in [4.69, 9.17) is 4.74 Å². The van der Waals surface area contributed by atoms with Crippen molar-refractivity contribution >= 4 is 37.6 Å². The number of hydrogen-bond acceptors (Lipinski definition) is 2. The summed E-state index contributed by atoms with van der Waals surface area (Å²) in [7, 11) is 0. The van der Waals surface area contributed by atoms with Gasteiger partial charge in [0.05, 0.1) is 5.56 Å². The van der Waals surface area contributed by atoms with Crippen molar-refractivity contribution in [3.63, 3.8) is 0 Å². The lowest BCUT2D eigenvalue weighted by Crippen LogP contribution is -2.33. The molecule has 68 valence electrons. The number of hydrogen-bond donors (Lipinski definition) is 0. The quantitative estimate of drug-likeness (QED) is 0.689. The molecule has 1 aromatic carbocycles. The lowest BCUT2D eigenvalue weighted by molar-refractivity contribution is 0.0935. The molecule has 0 spiro atoms. The van der Waals surface area contributed by atoms with Crippen LogP contribution in [0.3, 0.4) is 0 Å². The maximum atomic E-state index is 11.7. The molecule has 0 N–H and O–H groups in total. The van der Waals surface area contributed by atoms with Crippen LogP contribution in [-0.2, 0) is 0 Å². The summed E-state index contributed by atoms with van der Waals surface area (Å²) in [5.41, 5.74) is 0.639. The van der Waals surface area contributed by atoms with Gasteiger partial charge in [-0.1, -0.05) is 28.1 Å². The highest BCUT2D eigenvalue weighted by Crippen LogP contribution is 2.32. The third-order valence-corrected chi connectivity index (χ3v) is 4.19. The van der Waals surface area contributed by atoms with Crippen molar-refractivity contribution in [1.82, 2.24) is 0 Å². The van der Waals surface area contributed by atoms with Crippen LogP contribution < -0.4 is 4.74 Å². The Morgan fingerprint density at radius 2 is 1.92 bits per heavy atom. The number of benzene rings is 1. The van der Waals surface area contributed by atoms with Crippen molar-refractivity contribution in [2.24, 2.45) is 0 Å². The summed E-state index contributed by atoms with van der Waals surface area (Å²) in [6.45, 7) is 0. The highest BCUT2D eigenvalue weighted by atomic mass is 79.9. The molecule has 1 aliphatic rings. The van der Waals surface area contributed by atoms with Crippen LogP contribution in [0.5, 0.6) is 5.75 Å². The summed E-state index contributed by atoms with van der Waals surface area (Å²) in [5.74, 6) is 0.703. The van der Waals surface area contributed by atoms with Crippen LogP contribution in [0, 0.1) is 0 Å². The first-order chi connectivity index (χ1) is 6.20. The molecule has 0 bridgehead atoms. The van der Waals surface area contributed by atoms with Crippen LogP contribution >= 0.6 is 31.9 Å². The number of alkyl halides is 2. The lowest BCUT2D eigenvalue weighted by atomic mass is 10.1. The number of rotatable bonds is 0. The van der Waals surface area contributed by atoms with Crippen LogP contribution in [-0.4, -0.2) is 15.6 Å². The zero-order chi connectivity index (χ0) is 9.42. The number of ketones is 1. The van der Waals surface area contributed by atoms with E-state index < -0.39 is 0 Å². The predicted molar refractivity (Wildman–Crippen MR) is 56.8 cm³/mol. The lowest BCUT2D eigenvalue weighted by Gasteiger charge is -2.24. The normalized spacial score (nSPS) is 26.5. The molecule has 0 saturated carbocycles. The first-order valence-electron chi connectivity index (χ1n) is 3.78. The van der Waals surface area contributed by atoms with E-state index in [0.29, 0.717) is 11.3 Å². The highest BCUT2D eigenvalue weighted by Gasteiger charge is 2.33. The molecule has 0 amide bonds. The van der Waals surface area contributed by atoms with E-state index in [9.17, 15) is 4.79 Å². The Kier molecular flexibility index (Phi) is 2.43. The van der Waals surface area contributed by atoms with Gasteiger partial charge >= 0.3 is 0 Å². The van der Waals surface area contributed by atoms with E-state index >= 15 is 0 Å². The number of ether oxygens (including phenoxy) is 1. The molecule has 0 aliphatic carbocycles. The Hall–Kier alpha value is -0.350. The topological polar surface area (TPSA) is 26.3 Å². The minimum atomic E-state index is -0.303. The molecule has 0 aromatic heterocycles. The molecular formula is C9H6Br2O2. The van der Waals surface area contributed by atoms with E-state index in [0.717, 1.165) is 0 Å². The van der Waals surface area contributed by atoms with Gasteiger partial charge in [0, 0.05) is 0 Å². The minimum Gasteiger partial charge on any atom is -0.477 e. The maximum Gasteiger partial charge on any atom is 0.184 e. The number of Topliss-reactive ketones (excluding diaryl/α,β-unsaturated/α-hetero) is 1. The van der Waals surface area contributed by atoms with Crippen LogP contribution in [0.1, 0.15) is 10.4 Å². The highest BCUT2D eigenvalue weighted by molar-refractivity contribution is 9.12. The molecule has 13 heavy (non-hydrogen) atoms. The Bertz CT molecular complexity index is 351. The van der Waals surface area contributed by atoms with Crippen LogP contribution in [0.15, 0.2) is 24.3 Å². The van der Waals surface area contributed by atoms with Crippen molar-refractivity contribution < 1.29 is 9.53 Å². The largest absolute Gasteiger partial charge is 0.477 e. The summed E-state index contributed by atoms with van der Waals surface area (Å²) >= 11 is 6.54. The Morgan fingerprint density at radius 3 is 2.69 bits per heavy atom. The van der Waals surface area contributed by atoms with Gasteiger partial charge in [-0.15, -0.1) is 0 Å². The van der Waals surface area contributed by atoms with E-state index in [2.05, 4.69) is 31.9 Å². The molecule has 1 aromatic rings. The third-order valence-electron chi connectivity index (χ3n) is 1.87. The molecule has 4 heteroatoms. The molecule has 0 fully saturated rings. The second-order valence-corrected chi connectivity index (χ2v) is 4.62. The molecule has 2 atom stereocenters. The van der Waals surface area contributed by atoms with Crippen LogP contribution in [0.4, 0.5) is 0 Å². The number of para-hydroxylation sites is 1. The number of fused-ring (bicyclic) bond motifs is 1. The molecule has 2 rings (SSSR count). The molecule has 2 nitrogen and oxygen atoms in total. The van der Waals surface area contributed by atoms with Crippen LogP contribution in [0.25, 0.3) is 0 Å². The molecule has 0 unspecified atom stereocenters. The SMILES string of the molecule is O=C1c2ccccc2O[C@@H](Br)[C@@H]1Br. The number of carbonyl (C=O) groups is 1. The van der Waals surface area contributed by atoms with Crippen molar-refractivity contribution in [3.8, 4) is 5.75 Å². The Labute approximate surface area is 92.5 Å². The average Bonchev–Trinajstić information content (AvgIpc) is 2.15. The summed E-state index contributed by atoms with van der Waals surface area (Å²) in [6, 6.07) is 7.24. The van der Waals surface area contributed by atoms with Gasteiger partial charge in [0.15, 0.2) is 10.8 Å². The second kappa shape index (κ2) is 3.42. The van der Waals surface area contributed by atoms with Gasteiger partial charge in [-0.05, 0) is 28.1 Å². The van der Waals surface area contributed by atoms with Gasteiger partial charge in [0.1, 0.15) is 10.6 Å². The second-order valence-electron chi connectivity index (χ2n) is 2.73. The molecule has 1 aliphatic heterocycles. The van der Waals surface area contributed by atoms with Crippen molar-refractivity contribution in [2.45, 2.75) is 9.84 Å². The fraction of sp³-hybridized carbons (Fsp3) is 0.222. The average molecular weight is 306 g/mol. The smallest absolute Gasteiger partial charge is 0.184 e. The fourth-order valence-corrected chi connectivity index (χ4v) is 2.02. The standard InChI is InChI=1S/C9H6Br2O2/c10-7-8(12)5-3-1-2-4-6(5)13-9(7)11/h1-4,7,9H/t7-,9-/m1/s1. The van der Waals surface area contributed by atoms with E-state index in [1.165, 1.54) is 0 Å².